The smallest absolute Gasteiger partial charge is 0.334 e. The highest BCUT2D eigenvalue weighted by Gasteiger charge is 2.18. The molecule has 0 spiro atoms. The third kappa shape index (κ3) is 8.98. The number of hydrogen-bond donors (Lipinski definition) is 1. The van der Waals surface area contributed by atoms with Gasteiger partial charge in [-0.3, -0.25) is 4.79 Å². The van der Waals surface area contributed by atoms with E-state index in [0.717, 1.165) is 0 Å². The van der Waals surface area contributed by atoms with E-state index in [2.05, 4.69) is 0 Å². The van der Waals surface area contributed by atoms with Gasteiger partial charge in [0.1, 0.15) is 0 Å². The lowest BCUT2D eigenvalue weighted by molar-refractivity contribution is -0.156. The molecule has 0 heterocycles. The van der Waals surface area contributed by atoms with Crippen molar-refractivity contribution in [3.8, 4) is 0 Å². The Morgan fingerprint density at radius 3 is 2.00 bits per heavy atom. The predicted octanol–water partition coefficient (Wildman–Crippen LogP) is 1.53. The first-order valence-electron chi connectivity index (χ1n) is 6.33. The summed E-state index contributed by atoms with van der Waals surface area (Å²) in [5.41, 5.74) is 0. The van der Waals surface area contributed by atoms with E-state index in [0.29, 0.717) is 6.61 Å². The lowest BCUT2D eigenvalue weighted by Crippen LogP contribution is -2.25. The van der Waals surface area contributed by atoms with Gasteiger partial charge in [0.25, 0.3) is 0 Å². The molecule has 0 radical (unpaired) electrons. The molecular formula is C13H24O5. The third-order valence-electron chi connectivity index (χ3n) is 2.03. The standard InChI is InChI=1S/C13H24O5/c1-9(2)7-17-12(15)6-5-11(14)13(16)18-8-10(3)4/h9-11,14H,5-8H2,1-4H3/t11-/m0/s1. The van der Waals surface area contributed by atoms with Crippen molar-refractivity contribution in [1.29, 1.82) is 0 Å². The average Bonchev–Trinajstić information content (AvgIpc) is 2.30. The van der Waals surface area contributed by atoms with Gasteiger partial charge in [0.15, 0.2) is 6.10 Å². The Morgan fingerprint density at radius 2 is 1.50 bits per heavy atom. The summed E-state index contributed by atoms with van der Waals surface area (Å²) >= 11 is 0. The average molecular weight is 260 g/mol. The van der Waals surface area contributed by atoms with Gasteiger partial charge in [0, 0.05) is 6.42 Å². The lowest BCUT2D eigenvalue weighted by atomic mass is 10.2. The normalized spacial score (nSPS) is 12.6. The maximum Gasteiger partial charge on any atom is 0.334 e. The Balaban J connectivity index is 3.77. The molecule has 0 fully saturated rings. The highest BCUT2D eigenvalue weighted by molar-refractivity contribution is 5.76. The van der Waals surface area contributed by atoms with E-state index in [9.17, 15) is 14.7 Å². The molecule has 0 aliphatic rings. The Kier molecular flexibility index (Phi) is 8.37. The number of hydrogen-bond acceptors (Lipinski definition) is 5. The van der Waals surface area contributed by atoms with E-state index >= 15 is 0 Å². The minimum Gasteiger partial charge on any atom is -0.465 e. The SMILES string of the molecule is CC(C)COC(=O)CC[C@H](O)C(=O)OCC(C)C. The second kappa shape index (κ2) is 8.91. The number of rotatable bonds is 8. The molecule has 5 nitrogen and oxygen atoms in total. The molecule has 5 heteroatoms. The molecule has 0 aromatic carbocycles. The molecule has 18 heavy (non-hydrogen) atoms. The van der Waals surface area contributed by atoms with Crippen molar-refractivity contribution in [3.63, 3.8) is 0 Å². The Bertz CT molecular complexity index is 260. The Hall–Kier alpha value is -1.10. The molecule has 0 bridgehead atoms. The van der Waals surface area contributed by atoms with Gasteiger partial charge < -0.3 is 14.6 Å². The summed E-state index contributed by atoms with van der Waals surface area (Å²) in [6.45, 7) is 8.31. The largest absolute Gasteiger partial charge is 0.465 e. The second-order valence-electron chi connectivity index (χ2n) is 5.16. The molecule has 0 unspecified atom stereocenters. The summed E-state index contributed by atoms with van der Waals surface area (Å²) < 4.78 is 9.78. The molecule has 0 aromatic rings. The number of ether oxygens (including phenoxy) is 2. The summed E-state index contributed by atoms with van der Waals surface area (Å²) in [4.78, 5) is 22.6. The van der Waals surface area contributed by atoms with Crippen LogP contribution in [0.4, 0.5) is 0 Å². The van der Waals surface area contributed by atoms with Crippen molar-refractivity contribution in [2.75, 3.05) is 13.2 Å². The van der Waals surface area contributed by atoms with Gasteiger partial charge in [-0.05, 0) is 18.3 Å². The zero-order chi connectivity index (χ0) is 14.1. The molecule has 1 N–H and O–H groups in total. The van der Waals surface area contributed by atoms with Crippen LogP contribution in [-0.4, -0.2) is 36.4 Å². The molecule has 106 valence electrons. The highest BCUT2D eigenvalue weighted by Crippen LogP contribution is 2.04. The fourth-order valence-electron chi connectivity index (χ4n) is 1.05. The summed E-state index contributed by atoms with van der Waals surface area (Å²) in [5, 5.41) is 9.47. The van der Waals surface area contributed by atoms with E-state index < -0.39 is 18.0 Å². The molecule has 0 rings (SSSR count). The Morgan fingerprint density at radius 1 is 1.00 bits per heavy atom. The Labute approximate surface area is 108 Å². The number of esters is 2. The van der Waals surface area contributed by atoms with Crippen molar-refractivity contribution in [3.05, 3.63) is 0 Å². The first-order valence-corrected chi connectivity index (χ1v) is 6.33. The predicted molar refractivity (Wildman–Crippen MR) is 66.8 cm³/mol. The van der Waals surface area contributed by atoms with Gasteiger partial charge in [0.2, 0.25) is 0 Å². The van der Waals surface area contributed by atoms with E-state index in [1.807, 2.05) is 27.7 Å². The molecule has 0 saturated heterocycles. The van der Waals surface area contributed by atoms with Gasteiger partial charge in [-0.25, -0.2) is 4.79 Å². The van der Waals surface area contributed by atoms with Crippen LogP contribution in [0.5, 0.6) is 0 Å². The van der Waals surface area contributed by atoms with E-state index in [1.54, 1.807) is 0 Å². The molecular weight excluding hydrogens is 236 g/mol. The van der Waals surface area contributed by atoms with Crippen molar-refractivity contribution in [2.45, 2.75) is 46.6 Å². The summed E-state index contributed by atoms with van der Waals surface area (Å²) in [6.07, 6.45) is -1.20. The highest BCUT2D eigenvalue weighted by atomic mass is 16.5. The van der Waals surface area contributed by atoms with Crippen LogP contribution in [0.15, 0.2) is 0 Å². The molecule has 1 atom stereocenters. The van der Waals surface area contributed by atoms with Crippen LogP contribution in [0, 0.1) is 11.8 Å². The molecule has 0 aromatic heterocycles. The number of carbonyl (C=O) groups excluding carboxylic acids is 2. The monoisotopic (exact) mass is 260 g/mol. The van der Waals surface area contributed by atoms with Crippen LogP contribution >= 0.6 is 0 Å². The number of aliphatic hydroxyl groups excluding tert-OH is 1. The summed E-state index contributed by atoms with van der Waals surface area (Å²) in [6, 6.07) is 0. The fourth-order valence-corrected chi connectivity index (χ4v) is 1.05. The second-order valence-corrected chi connectivity index (χ2v) is 5.16. The zero-order valence-corrected chi connectivity index (χ0v) is 11.6. The maximum absolute atomic E-state index is 11.3. The first kappa shape index (κ1) is 16.9. The third-order valence-corrected chi connectivity index (χ3v) is 2.03. The summed E-state index contributed by atoms with van der Waals surface area (Å²) in [5.74, 6) is -0.591. The zero-order valence-electron chi connectivity index (χ0n) is 11.6. The van der Waals surface area contributed by atoms with Crippen LogP contribution in [-0.2, 0) is 19.1 Å². The van der Waals surface area contributed by atoms with Gasteiger partial charge in [0.05, 0.1) is 13.2 Å². The van der Waals surface area contributed by atoms with Gasteiger partial charge in [-0.2, -0.15) is 0 Å². The molecule has 0 aliphatic heterocycles. The van der Waals surface area contributed by atoms with E-state index in [1.165, 1.54) is 0 Å². The fraction of sp³-hybridized carbons (Fsp3) is 0.846. The minimum absolute atomic E-state index is 0.0185. The van der Waals surface area contributed by atoms with Crippen LogP contribution in [0.2, 0.25) is 0 Å². The van der Waals surface area contributed by atoms with Gasteiger partial charge >= 0.3 is 11.9 Å². The van der Waals surface area contributed by atoms with Crippen molar-refractivity contribution >= 4 is 11.9 Å². The van der Waals surface area contributed by atoms with Crippen LogP contribution in [0.25, 0.3) is 0 Å². The van der Waals surface area contributed by atoms with Gasteiger partial charge in [-0.15, -0.1) is 0 Å². The van der Waals surface area contributed by atoms with Gasteiger partial charge in [-0.1, -0.05) is 27.7 Å². The van der Waals surface area contributed by atoms with Crippen LogP contribution in [0.1, 0.15) is 40.5 Å². The topological polar surface area (TPSA) is 72.8 Å². The van der Waals surface area contributed by atoms with Crippen molar-refractivity contribution in [2.24, 2.45) is 11.8 Å². The minimum atomic E-state index is -1.25. The quantitative estimate of drug-likeness (QED) is 0.670. The molecule has 0 aliphatic carbocycles. The van der Waals surface area contributed by atoms with Crippen LogP contribution in [0.3, 0.4) is 0 Å². The number of carbonyl (C=O) groups is 2. The molecule has 0 amide bonds. The lowest BCUT2D eigenvalue weighted by Gasteiger charge is -2.12. The van der Waals surface area contributed by atoms with Crippen molar-refractivity contribution in [1.82, 2.24) is 0 Å². The number of aliphatic hydroxyl groups is 1. The van der Waals surface area contributed by atoms with E-state index in [4.69, 9.17) is 9.47 Å². The molecule has 0 saturated carbocycles. The van der Waals surface area contributed by atoms with E-state index in [-0.39, 0.29) is 31.3 Å². The van der Waals surface area contributed by atoms with Crippen molar-refractivity contribution < 1.29 is 24.2 Å². The maximum atomic E-state index is 11.3. The summed E-state index contributed by atoms with van der Waals surface area (Å²) in [7, 11) is 0. The first-order chi connectivity index (χ1) is 8.32. The van der Waals surface area contributed by atoms with Crippen LogP contribution < -0.4 is 0 Å².